The SMILES string of the molecule is BrCc1ccc(N2CCC(N3CCCCC3)C2)cc1. The number of rotatable bonds is 3. The Morgan fingerprint density at radius 3 is 2.42 bits per heavy atom. The monoisotopic (exact) mass is 322 g/mol. The van der Waals surface area contributed by atoms with Crippen LogP contribution in [0.4, 0.5) is 5.69 Å². The smallest absolute Gasteiger partial charge is 0.0366 e. The van der Waals surface area contributed by atoms with Gasteiger partial charge in [0.15, 0.2) is 0 Å². The lowest BCUT2D eigenvalue weighted by Crippen LogP contribution is -2.40. The fraction of sp³-hybridized carbons (Fsp3) is 0.625. The second-order valence-corrected chi connectivity index (χ2v) is 6.35. The van der Waals surface area contributed by atoms with Gasteiger partial charge in [0.1, 0.15) is 0 Å². The van der Waals surface area contributed by atoms with Crippen molar-refractivity contribution in [2.45, 2.75) is 37.1 Å². The summed E-state index contributed by atoms with van der Waals surface area (Å²) in [6.45, 7) is 5.07. The van der Waals surface area contributed by atoms with E-state index in [0.717, 1.165) is 11.4 Å². The van der Waals surface area contributed by atoms with Gasteiger partial charge in [0.05, 0.1) is 0 Å². The van der Waals surface area contributed by atoms with E-state index in [0.29, 0.717) is 0 Å². The molecule has 104 valence electrons. The van der Waals surface area contributed by atoms with E-state index in [-0.39, 0.29) is 0 Å². The Morgan fingerprint density at radius 2 is 1.74 bits per heavy atom. The number of halogens is 1. The topological polar surface area (TPSA) is 6.48 Å². The number of likely N-dealkylation sites (tertiary alicyclic amines) is 1. The predicted octanol–water partition coefficient (Wildman–Crippen LogP) is 3.65. The quantitative estimate of drug-likeness (QED) is 0.784. The predicted molar refractivity (Wildman–Crippen MR) is 85.1 cm³/mol. The molecule has 3 rings (SSSR count). The summed E-state index contributed by atoms with van der Waals surface area (Å²) in [6.07, 6.45) is 5.56. The normalized spacial score (nSPS) is 24.9. The number of nitrogens with zero attached hydrogens (tertiary/aromatic N) is 2. The summed E-state index contributed by atoms with van der Waals surface area (Å²) in [5.74, 6) is 0. The van der Waals surface area contributed by atoms with Crippen molar-refractivity contribution in [3.8, 4) is 0 Å². The van der Waals surface area contributed by atoms with Crippen LogP contribution < -0.4 is 4.90 Å². The lowest BCUT2D eigenvalue weighted by Gasteiger charge is -2.32. The highest BCUT2D eigenvalue weighted by Crippen LogP contribution is 2.25. The summed E-state index contributed by atoms with van der Waals surface area (Å²) >= 11 is 3.51. The maximum Gasteiger partial charge on any atom is 0.0366 e. The van der Waals surface area contributed by atoms with Crippen LogP contribution >= 0.6 is 15.9 Å². The molecule has 0 saturated carbocycles. The maximum atomic E-state index is 3.51. The number of benzene rings is 1. The second kappa shape index (κ2) is 6.27. The van der Waals surface area contributed by atoms with Gasteiger partial charge in [0, 0.05) is 30.1 Å². The molecule has 2 fully saturated rings. The highest BCUT2D eigenvalue weighted by molar-refractivity contribution is 9.08. The molecule has 2 heterocycles. The molecule has 0 aromatic heterocycles. The van der Waals surface area contributed by atoms with Gasteiger partial charge in [-0.15, -0.1) is 0 Å². The van der Waals surface area contributed by atoms with Gasteiger partial charge in [-0.05, 0) is 50.0 Å². The molecule has 0 N–H and O–H groups in total. The fourth-order valence-electron chi connectivity index (χ4n) is 3.35. The average molecular weight is 323 g/mol. The van der Waals surface area contributed by atoms with Crippen LogP contribution in [0.5, 0.6) is 0 Å². The first-order valence-corrected chi connectivity index (χ1v) is 8.63. The Morgan fingerprint density at radius 1 is 1.00 bits per heavy atom. The third-order valence-corrected chi connectivity index (χ3v) is 5.17. The Labute approximate surface area is 124 Å². The largest absolute Gasteiger partial charge is 0.370 e. The minimum absolute atomic E-state index is 0.788. The van der Waals surface area contributed by atoms with E-state index in [2.05, 4.69) is 50.0 Å². The fourth-order valence-corrected chi connectivity index (χ4v) is 3.73. The lowest BCUT2D eigenvalue weighted by atomic mass is 10.1. The molecule has 19 heavy (non-hydrogen) atoms. The van der Waals surface area contributed by atoms with E-state index in [1.54, 1.807) is 0 Å². The molecule has 0 radical (unpaired) electrons. The Balaban J connectivity index is 1.61. The molecule has 1 atom stereocenters. The molecule has 2 aliphatic heterocycles. The molecule has 1 aromatic rings. The van der Waals surface area contributed by atoms with Gasteiger partial charge in [-0.25, -0.2) is 0 Å². The standard InChI is InChI=1S/C16H23BrN2/c17-12-14-4-6-15(7-5-14)19-11-8-16(13-19)18-9-2-1-3-10-18/h4-7,16H,1-3,8-13H2. The summed E-state index contributed by atoms with van der Waals surface area (Å²) < 4.78 is 0. The molecule has 3 heteroatoms. The second-order valence-electron chi connectivity index (χ2n) is 5.79. The van der Waals surface area contributed by atoms with Crippen molar-refractivity contribution in [3.63, 3.8) is 0 Å². The Bertz CT molecular complexity index is 398. The first-order chi connectivity index (χ1) is 9.36. The van der Waals surface area contributed by atoms with E-state index in [9.17, 15) is 0 Å². The first-order valence-electron chi connectivity index (χ1n) is 7.51. The minimum atomic E-state index is 0.788. The van der Waals surface area contributed by atoms with E-state index < -0.39 is 0 Å². The molecule has 0 bridgehead atoms. The van der Waals surface area contributed by atoms with Crippen molar-refractivity contribution in [2.24, 2.45) is 0 Å². The third kappa shape index (κ3) is 3.14. The van der Waals surface area contributed by atoms with Crippen molar-refractivity contribution >= 4 is 21.6 Å². The van der Waals surface area contributed by atoms with Crippen LogP contribution in [0.3, 0.4) is 0 Å². The molecular formula is C16H23BrN2. The number of hydrogen-bond acceptors (Lipinski definition) is 2. The van der Waals surface area contributed by atoms with Crippen molar-refractivity contribution in [1.29, 1.82) is 0 Å². The zero-order valence-corrected chi connectivity index (χ0v) is 13.1. The molecular weight excluding hydrogens is 300 g/mol. The summed E-state index contributed by atoms with van der Waals surface area (Å²) in [5, 5.41) is 0.948. The number of alkyl halides is 1. The molecule has 0 amide bonds. The van der Waals surface area contributed by atoms with Gasteiger partial charge in [0.2, 0.25) is 0 Å². The van der Waals surface area contributed by atoms with E-state index in [4.69, 9.17) is 0 Å². The summed E-state index contributed by atoms with van der Waals surface area (Å²) in [4.78, 5) is 5.27. The highest BCUT2D eigenvalue weighted by Gasteiger charge is 2.28. The highest BCUT2D eigenvalue weighted by atomic mass is 79.9. The van der Waals surface area contributed by atoms with Gasteiger partial charge in [0.25, 0.3) is 0 Å². The molecule has 0 aliphatic carbocycles. The van der Waals surface area contributed by atoms with Gasteiger partial charge in [-0.1, -0.05) is 34.5 Å². The van der Waals surface area contributed by atoms with Crippen LogP contribution in [0.25, 0.3) is 0 Å². The van der Waals surface area contributed by atoms with E-state index in [1.807, 2.05) is 0 Å². The zero-order chi connectivity index (χ0) is 13.1. The molecule has 1 aromatic carbocycles. The number of hydrogen-bond donors (Lipinski definition) is 0. The molecule has 0 spiro atoms. The van der Waals surface area contributed by atoms with Gasteiger partial charge in [-0.3, -0.25) is 4.90 Å². The molecule has 2 saturated heterocycles. The van der Waals surface area contributed by atoms with Crippen molar-refractivity contribution in [2.75, 3.05) is 31.1 Å². The summed E-state index contributed by atoms with van der Waals surface area (Å²) in [6, 6.07) is 9.80. The number of anilines is 1. The van der Waals surface area contributed by atoms with Gasteiger partial charge in [-0.2, -0.15) is 0 Å². The van der Waals surface area contributed by atoms with E-state index in [1.165, 1.54) is 63.1 Å². The summed E-state index contributed by atoms with van der Waals surface area (Å²) in [7, 11) is 0. The maximum absolute atomic E-state index is 3.51. The average Bonchev–Trinajstić information content (AvgIpc) is 2.98. The van der Waals surface area contributed by atoms with E-state index >= 15 is 0 Å². The minimum Gasteiger partial charge on any atom is -0.370 e. The van der Waals surface area contributed by atoms with Crippen LogP contribution in [0.15, 0.2) is 24.3 Å². The van der Waals surface area contributed by atoms with Crippen molar-refractivity contribution in [1.82, 2.24) is 4.90 Å². The Hall–Kier alpha value is -0.540. The van der Waals surface area contributed by atoms with Crippen LogP contribution in [0, 0.1) is 0 Å². The molecule has 1 unspecified atom stereocenters. The van der Waals surface area contributed by atoms with Gasteiger partial charge < -0.3 is 4.90 Å². The van der Waals surface area contributed by atoms with Crippen molar-refractivity contribution < 1.29 is 0 Å². The molecule has 2 nitrogen and oxygen atoms in total. The van der Waals surface area contributed by atoms with Crippen LogP contribution in [0.2, 0.25) is 0 Å². The van der Waals surface area contributed by atoms with Crippen LogP contribution in [-0.4, -0.2) is 37.1 Å². The van der Waals surface area contributed by atoms with Crippen LogP contribution in [-0.2, 0) is 5.33 Å². The van der Waals surface area contributed by atoms with Gasteiger partial charge >= 0.3 is 0 Å². The zero-order valence-electron chi connectivity index (χ0n) is 11.5. The Kier molecular flexibility index (Phi) is 4.44. The van der Waals surface area contributed by atoms with Crippen molar-refractivity contribution in [3.05, 3.63) is 29.8 Å². The van der Waals surface area contributed by atoms with Crippen LogP contribution in [0.1, 0.15) is 31.2 Å². The third-order valence-electron chi connectivity index (χ3n) is 4.53. The lowest BCUT2D eigenvalue weighted by molar-refractivity contribution is 0.175. The first kappa shape index (κ1) is 13.4. The number of piperidine rings is 1. The molecule has 2 aliphatic rings. The summed E-state index contributed by atoms with van der Waals surface area (Å²) in [5.41, 5.74) is 2.75.